The summed E-state index contributed by atoms with van der Waals surface area (Å²) in [5, 5.41) is 0. The van der Waals surface area contributed by atoms with E-state index in [9.17, 15) is 4.79 Å². The number of nitrogens with one attached hydrogen (secondary N) is 1. The third kappa shape index (κ3) is 4.45. The Labute approximate surface area is 117 Å². The Bertz CT molecular complexity index is 424. The van der Waals surface area contributed by atoms with Crippen LogP contribution in [0, 0.1) is 0 Å². The molecule has 0 saturated heterocycles. The van der Waals surface area contributed by atoms with E-state index in [1.54, 1.807) is 0 Å². The summed E-state index contributed by atoms with van der Waals surface area (Å²) >= 11 is 0. The molecule has 4 nitrogen and oxygen atoms in total. The lowest BCUT2D eigenvalue weighted by atomic mass is 9.86. The Hall–Kier alpha value is -1.17. The van der Waals surface area contributed by atoms with Gasteiger partial charge in [0.15, 0.2) is 15.1 Å². The maximum absolute atomic E-state index is 11.8. The zero-order chi connectivity index (χ0) is 14.6. The summed E-state index contributed by atoms with van der Waals surface area (Å²) < 4.78 is 5.76. The standard InChI is InChI=1S/C14H24N2O2Si/c1-14(2,3)11-8-6-10(7-9-11)12(13(17)16-15)18-19(4)5/h6-9,12,19H,15H2,1-5H3,(H,16,17). The van der Waals surface area contributed by atoms with E-state index in [4.69, 9.17) is 10.3 Å². The van der Waals surface area contributed by atoms with E-state index >= 15 is 0 Å². The molecule has 0 bridgehead atoms. The minimum Gasteiger partial charge on any atom is -0.405 e. The van der Waals surface area contributed by atoms with Crippen LogP contribution in [-0.4, -0.2) is 14.9 Å². The molecule has 1 aromatic carbocycles. The third-order valence-electron chi connectivity index (χ3n) is 2.87. The Morgan fingerprint density at radius 1 is 1.26 bits per heavy atom. The molecule has 0 aliphatic carbocycles. The molecule has 0 fully saturated rings. The van der Waals surface area contributed by atoms with Crippen molar-refractivity contribution >= 4 is 14.9 Å². The predicted octanol–water partition coefficient (Wildman–Crippen LogP) is 2.02. The molecule has 0 aliphatic heterocycles. The summed E-state index contributed by atoms with van der Waals surface area (Å²) in [6.45, 7) is 10.5. The first-order valence-corrected chi connectivity index (χ1v) is 9.30. The summed E-state index contributed by atoms with van der Waals surface area (Å²) in [7, 11) is -1.33. The van der Waals surface area contributed by atoms with Crippen molar-refractivity contribution in [3.8, 4) is 0 Å². The van der Waals surface area contributed by atoms with Gasteiger partial charge in [-0.2, -0.15) is 0 Å². The predicted molar refractivity (Wildman–Crippen MR) is 80.2 cm³/mol. The first-order valence-electron chi connectivity index (χ1n) is 6.52. The van der Waals surface area contributed by atoms with Gasteiger partial charge in [-0.3, -0.25) is 10.2 Å². The monoisotopic (exact) mass is 280 g/mol. The molecular weight excluding hydrogens is 256 g/mol. The van der Waals surface area contributed by atoms with Crippen LogP contribution in [0.3, 0.4) is 0 Å². The SMILES string of the molecule is C[SiH](C)OC(C(=O)NN)c1ccc(C(C)(C)C)cc1. The van der Waals surface area contributed by atoms with Crippen molar-refractivity contribution in [1.29, 1.82) is 0 Å². The normalized spacial score (nSPS) is 13.4. The zero-order valence-electron chi connectivity index (χ0n) is 12.4. The van der Waals surface area contributed by atoms with Crippen LogP contribution in [0.2, 0.25) is 13.1 Å². The van der Waals surface area contributed by atoms with Gasteiger partial charge in [-0.05, 0) is 29.6 Å². The molecular formula is C14H24N2O2Si. The smallest absolute Gasteiger partial charge is 0.266 e. The molecule has 0 saturated carbocycles. The Kier molecular flexibility index (Phi) is 5.28. The van der Waals surface area contributed by atoms with Gasteiger partial charge in [-0.25, -0.2) is 5.84 Å². The van der Waals surface area contributed by atoms with Crippen LogP contribution in [0.1, 0.15) is 38.0 Å². The van der Waals surface area contributed by atoms with Gasteiger partial charge < -0.3 is 4.43 Å². The van der Waals surface area contributed by atoms with Crippen LogP contribution in [0.4, 0.5) is 0 Å². The second-order valence-electron chi connectivity index (χ2n) is 5.95. The lowest BCUT2D eigenvalue weighted by Crippen LogP contribution is -2.37. The molecule has 0 heterocycles. The number of carbonyl (C=O) groups is 1. The first kappa shape index (κ1) is 15.9. The van der Waals surface area contributed by atoms with E-state index < -0.39 is 15.1 Å². The van der Waals surface area contributed by atoms with Crippen molar-refractivity contribution in [2.24, 2.45) is 5.84 Å². The van der Waals surface area contributed by atoms with E-state index in [-0.39, 0.29) is 11.3 Å². The molecule has 19 heavy (non-hydrogen) atoms. The summed E-state index contributed by atoms with van der Waals surface area (Å²) in [6, 6.07) is 7.96. The third-order valence-corrected chi connectivity index (χ3v) is 3.68. The number of amides is 1. The number of benzene rings is 1. The quantitative estimate of drug-likeness (QED) is 0.384. The van der Waals surface area contributed by atoms with Gasteiger partial charge in [-0.15, -0.1) is 0 Å². The number of hydrogen-bond donors (Lipinski definition) is 2. The van der Waals surface area contributed by atoms with Crippen LogP contribution in [0.25, 0.3) is 0 Å². The van der Waals surface area contributed by atoms with Gasteiger partial charge in [0.1, 0.15) is 0 Å². The van der Waals surface area contributed by atoms with E-state index in [1.807, 2.05) is 37.4 Å². The summed E-state index contributed by atoms with van der Waals surface area (Å²) in [5.74, 6) is 4.92. The molecule has 0 radical (unpaired) electrons. The van der Waals surface area contributed by atoms with Crippen molar-refractivity contribution in [3.05, 3.63) is 35.4 Å². The molecule has 0 spiro atoms. The molecule has 1 amide bonds. The van der Waals surface area contributed by atoms with E-state index in [0.29, 0.717) is 0 Å². The van der Waals surface area contributed by atoms with Crippen LogP contribution < -0.4 is 11.3 Å². The molecule has 1 atom stereocenters. The minimum atomic E-state index is -1.33. The average molecular weight is 280 g/mol. The largest absolute Gasteiger partial charge is 0.405 e. The highest BCUT2D eigenvalue weighted by Gasteiger charge is 2.22. The van der Waals surface area contributed by atoms with Gasteiger partial charge in [-0.1, -0.05) is 45.0 Å². The molecule has 5 heteroatoms. The van der Waals surface area contributed by atoms with Crippen molar-refractivity contribution in [1.82, 2.24) is 5.43 Å². The number of carbonyl (C=O) groups excluding carboxylic acids is 1. The summed E-state index contributed by atoms with van der Waals surface area (Å²) in [4.78, 5) is 11.8. The number of hydrogen-bond acceptors (Lipinski definition) is 3. The topological polar surface area (TPSA) is 64.3 Å². The minimum absolute atomic E-state index is 0.0950. The van der Waals surface area contributed by atoms with Gasteiger partial charge >= 0.3 is 0 Å². The van der Waals surface area contributed by atoms with Crippen LogP contribution in [0.5, 0.6) is 0 Å². The number of rotatable bonds is 4. The van der Waals surface area contributed by atoms with Crippen LogP contribution >= 0.6 is 0 Å². The fourth-order valence-corrected chi connectivity index (χ4v) is 2.62. The van der Waals surface area contributed by atoms with Gasteiger partial charge in [0, 0.05) is 0 Å². The maximum Gasteiger partial charge on any atom is 0.266 e. The van der Waals surface area contributed by atoms with Crippen molar-refractivity contribution in [2.75, 3.05) is 0 Å². The molecule has 0 aliphatic rings. The molecule has 0 aromatic heterocycles. The average Bonchev–Trinajstić information content (AvgIpc) is 2.34. The molecule has 1 unspecified atom stereocenters. The molecule has 1 aromatic rings. The summed E-state index contributed by atoms with van der Waals surface area (Å²) in [5.41, 5.74) is 4.34. The highest BCUT2D eigenvalue weighted by atomic mass is 28.3. The van der Waals surface area contributed by atoms with Crippen molar-refractivity contribution < 1.29 is 9.22 Å². The number of hydrazine groups is 1. The van der Waals surface area contributed by atoms with E-state index in [2.05, 4.69) is 26.2 Å². The second kappa shape index (κ2) is 6.32. The zero-order valence-corrected chi connectivity index (χ0v) is 13.5. The second-order valence-corrected chi connectivity index (χ2v) is 8.32. The molecule has 1 rings (SSSR count). The van der Waals surface area contributed by atoms with E-state index in [0.717, 1.165) is 5.56 Å². The Balaban J connectivity index is 3.00. The Morgan fingerprint density at radius 2 is 1.79 bits per heavy atom. The molecule has 3 N–H and O–H groups in total. The molecule has 106 valence electrons. The van der Waals surface area contributed by atoms with Gasteiger partial charge in [0.05, 0.1) is 0 Å². The maximum atomic E-state index is 11.8. The van der Waals surface area contributed by atoms with Crippen LogP contribution in [-0.2, 0) is 14.6 Å². The lowest BCUT2D eigenvalue weighted by molar-refractivity contribution is -0.128. The highest BCUT2D eigenvalue weighted by molar-refractivity contribution is 6.48. The van der Waals surface area contributed by atoms with Gasteiger partial charge in [0.25, 0.3) is 5.91 Å². The first-order chi connectivity index (χ1) is 8.75. The van der Waals surface area contributed by atoms with Gasteiger partial charge in [0.2, 0.25) is 0 Å². The van der Waals surface area contributed by atoms with Crippen molar-refractivity contribution in [2.45, 2.75) is 45.4 Å². The van der Waals surface area contributed by atoms with Crippen molar-refractivity contribution in [3.63, 3.8) is 0 Å². The van der Waals surface area contributed by atoms with Crippen LogP contribution in [0.15, 0.2) is 24.3 Å². The van der Waals surface area contributed by atoms with E-state index in [1.165, 1.54) is 5.56 Å². The fraction of sp³-hybridized carbons (Fsp3) is 0.500. The summed E-state index contributed by atoms with van der Waals surface area (Å²) in [6.07, 6.45) is -0.606. The highest BCUT2D eigenvalue weighted by Crippen LogP contribution is 2.25. The fourth-order valence-electron chi connectivity index (χ4n) is 1.80. The number of nitrogens with two attached hydrogens (primary N) is 1. The Morgan fingerprint density at radius 3 is 2.16 bits per heavy atom. The lowest BCUT2D eigenvalue weighted by Gasteiger charge is -2.22.